The van der Waals surface area contributed by atoms with Crippen LogP contribution in [-0.4, -0.2) is 36.6 Å². The lowest BCUT2D eigenvalue weighted by Gasteiger charge is -2.06. The number of benzene rings is 2. The van der Waals surface area contributed by atoms with Crippen molar-refractivity contribution in [3.05, 3.63) is 53.3 Å². The third kappa shape index (κ3) is 5.47. The Morgan fingerprint density at radius 3 is 2.79 bits per heavy atom. The predicted molar refractivity (Wildman–Crippen MR) is 115 cm³/mol. The number of rotatable bonds is 9. The van der Waals surface area contributed by atoms with Gasteiger partial charge in [-0.2, -0.15) is 4.99 Å². The first kappa shape index (κ1) is 20.6. The molecule has 0 saturated heterocycles. The molecule has 148 valence electrons. The number of hydrogen-bond acceptors (Lipinski definition) is 5. The lowest BCUT2D eigenvalue weighted by atomic mass is 10.3. The van der Waals surface area contributed by atoms with E-state index in [0.717, 1.165) is 20.9 Å². The van der Waals surface area contributed by atoms with Gasteiger partial charge in [-0.25, -0.2) is 0 Å². The number of fused-ring (bicyclic) bond motifs is 1. The summed E-state index contributed by atoms with van der Waals surface area (Å²) in [5.41, 5.74) is 1.04. The van der Waals surface area contributed by atoms with Crippen LogP contribution in [0.4, 0.5) is 0 Å². The van der Waals surface area contributed by atoms with Gasteiger partial charge in [0.05, 0.1) is 23.9 Å². The molecule has 0 aliphatic rings. The first-order valence-corrected chi connectivity index (χ1v) is 11.0. The minimum absolute atomic E-state index is 0.105. The van der Waals surface area contributed by atoms with Crippen LogP contribution in [0.3, 0.4) is 0 Å². The van der Waals surface area contributed by atoms with Crippen molar-refractivity contribution >= 4 is 39.2 Å². The molecule has 0 atom stereocenters. The van der Waals surface area contributed by atoms with Crippen molar-refractivity contribution in [1.82, 2.24) is 4.57 Å². The number of methoxy groups -OCH3 is 1. The van der Waals surface area contributed by atoms with Gasteiger partial charge in [0, 0.05) is 30.2 Å². The maximum absolute atomic E-state index is 12.4. The quantitative estimate of drug-likeness (QED) is 0.384. The molecule has 1 amide bonds. The fraction of sp³-hybridized carbons (Fsp3) is 0.333. The Hall–Kier alpha value is -2.09. The number of carbonyl (C=O) groups excluding carboxylic acids is 1. The highest BCUT2D eigenvalue weighted by Crippen LogP contribution is 2.23. The summed E-state index contributed by atoms with van der Waals surface area (Å²) in [5, 5.41) is 0. The van der Waals surface area contributed by atoms with Crippen molar-refractivity contribution in [3.8, 4) is 5.75 Å². The first-order valence-electron chi connectivity index (χ1n) is 9.21. The highest BCUT2D eigenvalue weighted by molar-refractivity contribution is 7.99. The van der Waals surface area contributed by atoms with Crippen molar-refractivity contribution in [2.24, 2.45) is 4.99 Å². The summed E-state index contributed by atoms with van der Waals surface area (Å²) in [6.07, 6.45) is 0.405. The van der Waals surface area contributed by atoms with Gasteiger partial charge in [-0.3, -0.25) is 4.79 Å². The third-order valence-electron chi connectivity index (χ3n) is 4.10. The number of aromatic nitrogens is 1. The van der Waals surface area contributed by atoms with E-state index in [2.05, 4.69) is 9.56 Å². The number of ether oxygens (including phenoxy) is 2. The molecule has 0 unspecified atom stereocenters. The van der Waals surface area contributed by atoms with Crippen LogP contribution >= 0.6 is 23.1 Å². The summed E-state index contributed by atoms with van der Waals surface area (Å²) in [6.45, 7) is 3.88. The van der Waals surface area contributed by atoms with Crippen LogP contribution in [0.2, 0.25) is 0 Å². The van der Waals surface area contributed by atoms with E-state index in [1.165, 1.54) is 11.3 Å². The molecule has 0 N–H and O–H groups in total. The normalized spacial score (nSPS) is 11.9. The SMILES string of the molecule is CCOCCn1c(=NC(=O)CCSc2ccccc2)sc2cc(OC)ccc21. The molecule has 0 fully saturated rings. The number of amides is 1. The van der Waals surface area contributed by atoms with E-state index in [1.54, 1.807) is 18.9 Å². The largest absolute Gasteiger partial charge is 0.497 e. The topological polar surface area (TPSA) is 52.8 Å². The minimum atomic E-state index is -0.105. The van der Waals surface area contributed by atoms with Crippen molar-refractivity contribution in [2.75, 3.05) is 26.1 Å². The molecule has 0 saturated carbocycles. The van der Waals surface area contributed by atoms with Gasteiger partial charge in [0.15, 0.2) is 4.80 Å². The number of thiazole rings is 1. The van der Waals surface area contributed by atoms with E-state index in [1.807, 2.05) is 55.5 Å². The smallest absolute Gasteiger partial charge is 0.249 e. The van der Waals surface area contributed by atoms with Crippen LogP contribution in [0.1, 0.15) is 13.3 Å². The number of nitrogens with zero attached hydrogens (tertiary/aromatic N) is 2. The predicted octanol–water partition coefficient (Wildman–Crippen LogP) is 4.36. The van der Waals surface area contributed by atoms with Gasteiger partial charge < -0.3 is 14.0 Å². The van der Waals surface area contributed by atoms with Crippen molar-refractivity contribution in [1.29, 1.82) is 0 Å². The maximum Gasteiger partial charge on any atom is 0.249 e. The number of hydrogen-bond donors (Lipinski definition) is 0. The summed E-state index contributed by atoms with van der Waals surface area (Å²) in [5.74, 6) is 1.40. The molecule has 5 nitrogen and oxygen atoms in total. The summed E-state index contributed by atoms with van der Waals surface area (Å²) in [4.78, 5) is 18.7. The number of carbonyl (C=O) groups is 1. The van der Waals surface area contributed by atoms with Gasteiger partial charge in [0.25, 0.3) is 0 Å². The molecular formula is C21H24N2O3S2. The molecule has 2 aromatic carbocycles. The molecule has 0 aliphatic heterocycles. The van der Waals surface area contributed by atoms with E-state index in [-0.39, 0.29) is 5.91 Å². The van der Waals surface area contributed by atoms with E-state index in [9.17, 15) is 4.79 Å². The molecule has 0 radical (unpaired) electrons. The van der Waals surface area contributed by atoms with Crippen LogP contribution < -0.4 is 9.54 Å². The van der Waals surface area contributed by atoms with Gasteiger partial charge in [-0.1, -0.05) is 29.5 Å². The van der Waals surface area contributed by atoms with Gasteiger partial charge in [-0.05, 0) is 37.3 Å². The molecule has 1 aromatic heterocycles. The zero-order valence-corrected chi connectivity index (χ0v) is 17.7. The highest BCUT2D eigenvalue weighted by Gasteiger charge is 2.09. The summed E-state index contributed by atoms with van der Waals surface area (Å²) in [7, 11) is 1.65. The Labute approximate surface area is 173 Å². The molecular weight excluding hydrogens is 392 g/mol. The van der Waals surface area contributed by atoms with E-state index in [0.29, 0.717) is 36.7 Å². The Morgan fingerprint density at radius 2 is 2.04 bits per heavy atom. The number of thioether (sulfide) groups is 1. The van der Waals surface area contributed by atoms with Gasteiger partial charge in [0.2, 0.25) is 5.91 Å². The minimum Gasteiger partial charge on any atom is -0.497 e. The van der Waals surface area contributed by atoms with E-state index >= 15 is 0 Å². The Balaban J connectivity index is 1.78. The lowest BCUT2D eigenvalue weighted by Crippen LogP contribution is -2.19. The highest BCUT2D eigenvalue weighted by atomic mass is 32.2. The van der Waals surface area contributed by atoms with Crippen LogP contribution in [0.15, 0.2) is 58.4 Å². The van der Waals surface area contributed by atoms with Crippen LogP contribution in [-0.2, 0) is 16.1 Å². The summed E-state index contributed by atoms with van der Waals surface area (Å²) < 4.78 is 13.9. The standard InChI is InChI=1S/C21H24N2O3S2/c1-3-26-13-12-23-18-10-9-16(25-2)15-19(18)28-21(23)22-20(24)11-14-27-17-7-5-4-6-8-17/h4-10,15H,3,11-14H2,1-2H3. The second kappa shape index (κ2) is 10.5. The molecule has 0 spiro atoms. The molecule has 0 bridgehead atoms. The van der Waals surface area contributed by atoms with E-state index in [4.69, 9.17) is 9.47 Å². The fourth-order valence-electron chi connectivity index (χ4n) is 2.72. The lowest BCUT2D eigenvalue weighted by molar-refractivity contribution is -0.117. The third-order valence-corrected chi connectivity index (χ3v) is 6.16. The van der Waals surface area contributed by atoms with Crippen molar-refractivity contribution in [2.45, 2.75) is 24.8 Å². The molecule has 3 aromatic rings. The Morgan fingerprint density at radius 1 is 1.21 bits per heavy atom. The second-order valence-corrected chi connectivity index (χ2v) is 8.16. The Bertz CT molecular complexity index is 980. The second-order valence-electron chi connectivity index (χ2n) is 5.98. The van der Waals surface area contributed by atoms with E-state index < -0.39 is 0 Å². The summed E-state index contributed by atoms with van der Waals surface area (Å²) in [6, 6.07) is 16.0. The molecule has 7 heteroatoms. The maximum atomic E-state index is 12.4. The van der Waals surface area contributed by atoms with Crippen LogP contribution in [0.5, 0.6) is 5.75 Å². The monoisotopic (exact) mass is 416 g/mol. The summed E-state index contributed by atoms with van der Waals surface area (Å²) >= 11 is 3.17. The molecule has 0 aliphatic carbocycles. The Kier molecular flexibility index (Phi) is 7.71. The van der Waals surface area contributed by atoms with Crippen LogP contribution in [0, 0.1) is 0 Å². The van der Waals surface area contributed by atoms with Crippen molar-refractivity contribution < 1.29 is 14.3 Å². The molecule has 1 heterocycles. The van der Waals surface area contributed by atoms with Gasteiger partial charge in [0.1, 0.15) is 5.75 Å². The van der Waals surface area contributed by atoms with Gasteiger partial charge in [-0.15, -0.1) is 11.8 Å². The zero-order valence-electron chi connectivity index (χ0n) is 16.1. The van der Waals surface area contributed by atoms with Gasteiger partial charge >= 0.3 is 0 Å². The zero-order chi connectivity index (χ0) is 19.8. The average molecular weight is 417 g/mol. The van der Waals surface area contributed by atoms with Crippen LogP contribution in [0.25, 0.3) is 10.2 Å². The first-order chi connectivity index (χ1) is 13.7. The van der Waals surface area contributed by atoms with Crippen molar-refractivity contribution in [3.63, 3.8) is 0 Å². The average Bonchev–Trinajstić information content (AvgIpc) is 3.05. The fourth-order valence-corrected chi connectivity index (χ4v) is 4.68. The molecule has 28 heavy (non-hydrogen) atoms. The molecule has 3 rings (SSSR count).